The van der Waals surface area contributed by atoms with Crippen LogP contribution in [0.2, 0.25) is 0 Å². The zero-order valence-corrected chi connectivity index (χ0v) is 10.8. The zero-order chi connectivity index (χ0) is 14.8. The van der Waals surface area contributed by atoms with Crippen LogP contribution in [-0.2, 0) is 0 Å². The number of hydrogen-bond acceptors (Lipinski definition) is 3. The van der Waals surface area contributed by atoms with E-state index < -0.39 is 10.7 Å². The maximum absolute atomic E-state index is 13.2. The Bertz CT molecular complexity index is 800. The zero-order valence-electron chi connectivity index (χ0n) is 10.8. The summed E-state index contributed by atoms with van der Waals surface area (Å²) < 4.78 is 14.5. The van der Waals surface area contributed by atoms with Crippen LogP contribution in [0.25, 0.3) is 16.9 Å². The van der Waals surface area contributed by atoms with Crippen molar-refractivity contribution in [3.8, 4) is 16.9 Å². The highest BCUT2D eigenvalue weighted by atomic mass is 19.1. The summed E-state index contributed by atoms with van der Waals surface area (Å²) in [5.74, 6) is -0.652. The van der Waals surface area contributed by atoms with Crippen molar-refractivity contribution < 1.29 is 9.31 Å². The van der Waals surface area contributed by atoms with Crippen LogP contribution < -0.4 is 0 Å². The summed E-state index contributed by atoms with van der Waals surface area (Å²) in [5, 5.41) is 15.3. The van der Waals surface area contributed by atoms with Crippen LogP contribution in [0.3, 0.4) is 0 Å². The van der Waals surface area contributed by atoms with Crippen molar-refractivity contribution in [3.05, 3.63) is 76.7 Å². The van der Waals surface area contributed by atoms with E-state index in [-0.39, 0.29) is 11.4 Å². The Balaban J connectivity index is 2.07. The fraction of sp³-hybridized carbons (Fsp3) is 0. The number of benzene rings is 2. The summed E-state index contributed by atoms with van der Waals surface area (Å²) in [5.41, 5.74) is 1.50. The van der Waals surface area contributed by atoms with Gasteiger partial charge in [0.2, 0.25) is 0 Å². The highest BCUT2D eigenvalue weighted by molar-refractivity contribution is 5.60. The minimum Gasteiger partial charge on any atom is -0.258 e. The molecule has 104 valence electrons. The largest absolute Gasteiger partial charge is 0.297 e. The van der Waals surface area contributed by atoms with Gasteiger partial charge in [-0.15, -0.1) is 0 Å². The lowest BCUT2D eigenvalue weighted by atomic mass is 10.2. The van der Waals surface area contributed by atoms with E-state index in [0.29, 0.717) is 5.69 Å². The van der Waals surface area contributed by atoms with Crippen molar-refractivity contribution in [2.75, 3.05) is 0 Å². The van der Waals surface area contributed by atoms with Gasteiger partial charge < -0.3 is 0 Å². The molecule has 0 saturated heterocycles. The third-order valence-electron chi connectivity index (χ3n) is 3.04. The van der Waals surface area contributed by atoms with Crippen molar-refractivity contribution in [1.82, 2.24) is 9.78 Å². The van der Waals surface area contributed by atoms with Gasteiger partial charge in [-0.2, -0.15) is 5.10 Å². The van der Waals surface area contributed by atoms with Gasteiger partial charge in [0.25, 0.3) is 5.69 Å². The van der Waals surface area contributed by atoms with Crippen LogP contribution in [0.5, 0.6) is 0 Å². The van der Waals surface area contributed by atoms with E-state index in [1.165, 1.54) is 16.8 Å². The lowest BCUT2D eigenvalue weighted by Gasteiger charge is -2.03. The molecule has 0 radical (unpaired) electrons. The lowest BCUT2D eigenvalue weighted by Crippen LogP contribution is -2.01. The Kier molecular flexibility index (Phi) is 3.19. The first-order chi connectivity index (χ1) is 10.1. The second-order valence-electron chi connectivity index (χ2n) is 4.40. The normalized spacial score (nSPS) is 10.5. The van der Waals surface area contributed by atoms with Gasteiger partial charge in [-0.25, -0.2) is 9.07 Å². The molecule has 1 heterocycles. The molecule has 0 N–H and O–H groups in total. The standard InChI is InChI=1S/C15H10FN3O2/c16-12-6-7-14(15(10-12)19(20)21)18-9-8-13(17-18)11-4-2-1-3-5-11/h1-10H. The van der Waals surface area contributed by atoms with E-state index >= 15 is 0 Å². The second kappa shape index (κ2) is 5.16. The van der Waals surface area contributed by atoms with Crippen LogP contribution in [0.1, 0.15) is 0 Å². The van der Waals surface area contributed by atoms with Gasteiger partial charge in [0.05, 0.1) is 16.7 Å². The molecule has 0 saturated carbocycles. The molecular weight excluding hydrogens is 273 g/mol. The highest BCUT2D eigenvalue weighted by Gasteiger charge is 2.17. The average molecular weight is 283 g/mol. The van der Waals surface area contributed by atoms with Crippen LogP contribution in [0, 0.1) is 15.9 Å². The Morgan fingerprint density at radius 2 is 1.86 bits per heavy atom. The molecular formula is C15H10FN3O2. The number of hydrogen-bond donors (Lipinski definition) is 0. The summed E-state index contributed by atoms with van der Waals surface area (Å²) in [7, 11) is 0. The lowest BCUT2D eigenvalue weighted by molar-refractivity contribution is -0.384. The summed E-state index contributed by atoms with van der Waals surface area (Å²) in [6.45, 7) is 0. The van der Waals surface area contributed by atoms with Crippen LogP contribution in [0.4, 0.5) is 10.1 Å². The van der Waals surface area contributed by atoms with Crippen molar-refractivity contribution in [3.63, 3.8) is 0 Å². The first-order valence-corrected chi connectivity index (χ1v) is 6.20. The number of nitrogens with zero attached hydrogens (tertiary/aromatic N) is 3. The Morgan fingerprint density at radius 3 is 2.57 bits per heavy atom. The molecule has 0 aliphatic heterocycles. The molecule has 0 aliphatic carbocycles. The summed E-state index contributed by atoms with van der Waals surface area (Å²) in [6, 6.07) is 14.6. The fourth-order valence-corrected chi connectivity index (χ4v) is 2.06. The predicted molar refractivity (Wildman–Crippen MR) is 75.6 cm³/mol. The van der Waals surface area contributed by atoms with Gasteiger partial charge >= 0.3 is 0 Å². The van der Waals surface area contributed by atoms with E-state index in [9.17, 15) is 14.5 Å². The number of aromatic nitrogens is 2. The van der Waals surface area contributed by atoms with Gasteiger partial charge in [0.15, 0.2) is 0 Å². The molecule has 6 heteroatoms. The highest BCUT2D eigenvalue weighted by Crippen LogP contribution is 2.25. The number of nitro benzene ring substituents is 1. The van der Waals surface area contributed by atoms with E-state index in [0.717, 1.165) is 11.6 Å². The summed E-state index contributed by atoms with van der Waals surface area (Å²) in [6.07, 6.45) is 1.61. The van der Waals surface area contributed by atoms with Crippen molar-refractivity contribution in [1.29, 1.82) is 0 Å². The number of nitro groups is 1. The molecule has 0 spiro atoms. The minimum absolute atomic E-state index is 0.226. The fourth-order valence-electron chi connectivity index (χ4n) is 2.06. The van der Waals surface area contributed by atoms with Gasteiger partial charge in [-0.1, -0.05) is 30.3 Å². The quantitative estimate of drug-likeness (QED) is 0.545. The van der Waals surface area contributed by atoms with Crippen LogP contribution in [-0.4, -0.2) is 14.7 Å². The van der Waals surface area contributed by atoms with Crippen LogP contribution in [0.15, 0.2) is 60.8 Å². The van der Waals surface area contributed by atoms with Crippen molar-refractivity contribution in [2.24, 2.45) is 0 Å². The van der Waals surface area contributed by atoms with E-state index in [2.05, 4.69) is 5.10 Å². The SMILES string of the molecule is O=[N+]([O-])c1cc(F)ccc1-n1ccc(-c2ccccc2)n1. The van der Waals surface area contributed by atoms with Gasteiger partial charge in [-0.05, 0) is 18.2 Å². The number of halogens is 1. The first kappa shape index (κ1) is 13.0. The first-order valence-electron chi connectivity index (χ1n) is 6.20. The summed E-state index contributed by atoms with van der Waals surface area (Å²) in [4.78, 5) is 10.4. The van der Waals surface area contributed by atoms with Crippen LogP contribution >= 0.6 is 0 Å². The molecule has 0 bridgehead atoms. The molecule has 0 unspecified atom stereocenters. The molecule has 0 fully saturated rings. The molecule has 0 amide bonds. The van der Waals surface area contributed by atoms with Crippen molar-refractivity contribution >= 4 is 5.69 Å². The van der Waals surface area contributed by atoms with E-state index in [4.69, 9.17) is 0 Å². The molecule has 0 atom stereocenters. The Hall–Kier alpha value is -3.02. The smallest absolute Gasteiger partial charge is 0.258 e. The van der Waals surface area contributed by atoms with Crippen molar-refractivity contribution in [2.45, 2.75) is 0 Å². The number of rotatable bonds is 3. The molecule has 2 aromatic carbocycles. The third-order valence-corrected chi connectivity index (χ3v) is 3.04. The van der Waals surface area contributed by atoms with E-state index in [1.807, 2.05) is 30.3 Å². The molecule has 5 nitrogen and oxygen atoms in total. The average Bonchev–Trinajstić information content (AvgIpc) is 2.97. The molecule has 1 aromatic heterocycles. The molecule has 21 heavy (non-hydrogen) atoms. The third kappa shape index (κ3) is 2.51. The summed E-state index contributed by atoms with van der Waals surface area (Å²) >= 11 is 0. The monoisotopic (exact) mass is 283 g/mol. The predicted octanol–water partition coefficient (Wildman–Crippen LogP) is 3.59. The molecule has 3 aromatic rings. The molecule has 3 rings (SSSR count). The Morgan fingerprint density at radius 1 is 1.10 bits per heavy atom. The topological polar surface area (TPSA) is 61.0 Å². The Labute approximate surface area is 119 Å². The maximum atomic E-state index is 13.2. The van der Waals surface area contributed by atoms with Gasteiger partial charge in [0.1, 0.15) is 11.5 Å². The molecule has 0 aliphatic rings. The van der Waals surface area contributed by atoms with E-state index in [1.54, 1.807) is 12.3 Å². The second-order valence-corrected chi connectivity index (χ2v) is 4.40. The van der Waals surface area contributed by atoms with Gasteiger partial charge in [0, 0.05) is 11.8 Å². The maximum Gasteiger partial charge on any atom is 0.297 e. The van der Waals surface area contributed by atoms with Gasteiger partial charge in [-0.3, -0.25) is 10.1 Å². The minimum atomic E-state index is -0.652.